The zero-order valence-corrected chi connectivity index (χ0v) is 24.4. The van der Waals surface area contributed by atoms with Crippen LogP contribution in [-0.4, -0.2) is 27.9 Å². The first-order chi connectivity index (χ1) is 20.7. The Balaban J connectivity index is 1.49. The molecule has 10 heteroatoms. The predicted molar refractivity (Wildman–Crippen MR) is 170 cm³/mol. The number of hydrogen-bond donors (Lipinski definition) is 3. The largest absolute Gasteiger partial charge is 0.325 e. The average molecular weight is 595 g/mol. The summed E-state index contributed by atoms with van der Waals surface area (Å²) in [6, 6.07) is 29.2. The molecule has 0 bridgehead atoms. The van der Waals surface area contributed by atoms with Crippen LogP contribution in [0.5, 0.6) is 0 Å². The van der Waals surface area contributed by atoms with Crippen molar-refractivity contribution >= 4 is 52.6 Å². The molecule has 0 spiro atoms. The number of thioether (sulfide) groups is 1. The molecule has 1 atom stereocenters. The highest BCUT2D eigenvalue weighted by molar-refractivity contribution is 8.00. The fourth-order valence-electron chi connectivity index (χ4n) is 4.06. The molecule has 4 rings (SSSR count). The lowest BCUT2D eigenvalue weighted by Crippen LogP contribution is -2.30. The number of aryl methyl sites for hydroxylation is 1. The molecule has 0 heterocycles. The normalized spacial score (nSPS) is 11.7. The van der Waals surface area contributed by atoms with Crippen molar-refractivity contribution in [2.45, 2.75) is 30.4 Å². The molecule has 0 aliphatic carbocycles. The van der Waals surface area contributed by atoms with Gasteiger partial charge in [-0.1, -0.05) is 67.6 Å². The minimum Gasteiger partial charge on any atom is -0.325 e. The zero-order valence-electron chi connectivity index (χ0n) is 23.6. The molecule has 0 aliphatic rings. The highest BCUT2D eigenvalue weighted by atomic mass is 32.2. The summed E-state index contributed by atoms with van der Waals surface area (Å²) in [6.07, 6.45) is 2.10. The Kier molecular flexibility index (Phi) is 10.4. The monoisotopic (exact) mass is 594 g/mol. The lowest BCUT2D eigenvalue weighted by molar-refractivity contribution is -0.384. The maximum absolute atomic E-state index is 13.4. The SMILES string of the molecule is CCC(Sc1cccc(NC(=O)/C(=C/c2ccccc2)NC(=O)c2ccccc2)c1)C(=O)Nc1cc([N+](=O)[O-])ccc1C. The number of rotatable bonds is 11. The van der Waals surface area contributed by atoms with Crippen LogP contribution in [0.3, 0.4) is 0 Å². The number of carbonyl (C=O) groups is 3. The number of hydrogen-bond acceptors (Lipinski definition) is 6. The standard InChI is InChI=1S/C33H30N4O5S/c1-3-30(33(40)35-28-21-26(37(41)42)18-17-22(28)2)43-27-16-10-15-25(20-27)34-32(39)29(19-23-11-6-4-7-12-23)36-31(38)24-13-8-5-9-14-24/h4-21,30H,3H2,1-2H3,(H,34,39)(H,35,40)(H,36,38)/b29-19-. The second-order valence-electron chi connectivity index (χ2n) is 9.53. The van der Waals surface area contributed by atoms with Gasteiger partial charge in [0.05, 0.1) is 15.9 Å². The highest BCUT2D eigenvalue weighted by Crippen LogP contribution is 2.30. The van der Waals surface area contributed by atoms with Crippen molar-refractivity contribution in [3.8, 4) is 0 Å². The Labute approximate surface area is 253 Å². The molecule has 0 radical (unpaired) electrons. The van der Waals surface area contributed by atoms with Gasteiger partial charge in [-0.15, -0.1) is 11.8 Å². The minimum atomic E-state index is -0.513. The lowest BCUT2D eigenvalue weighted by atomic mass is 10.1. The van der Waals surface area contributed by atoms with Gasteiger partial charge in [0.1, 0.15) is 5.70 Å². The van der Waals surface area contributed by atoms with Gasteiger partial charge in [0, 0.05) is 28.3 Å². The minimum absolute atomic E-state index is 0.0660. The summed E-state index contributed by atoms with van der Waals surface area (Å²) in [5.74, 6) is -1.22. The molecule has 0 fully saturated rings. The van der Waals surface area contributed by atoms with E-state index in [1.807, 2.05) is 43.3 Å². The number of carbonyl (C=O) groups excluding carboxylic acids is 3. The topological polar surface area (TPSA) is 130 Å². The second kappa shape index (κ2) is 14.6. The van der Waals surface area contributed by atoms with Gasteiger partial charge in [-0.05, 0) is 60.9 Å². The maximum atomic E-state index is 13.4. The second-order valence-corrected chi connectivity index (χ2v) is 10.8. The van der Waals surface area contributed by atoms with Crippen molar-refractivity contribution in [3.63, 3.8) is 0 Å². The van der Waals surface area contributed by atoms with Gasteiger partial charge in [-0.25, -0.2) is 0 Å². The predicted octanol–water partition coefficient (Wildman–Crippen LogP) is 6.82. The summed E-state index contributed by atoms with van der Waals surface area (Å²) in [6.45, 7) is 3.64. The van der Waals surface area contributed by atoms with E-state index in [1.54, 1.807) is 67.6 Å². The number of nitro benzene ring substituents is 1. The van der Waals surface area contributed by atoms with Crippen molar-refractivity contribution in [3.05, 3.63) is 136 Å². The fraction of sp³-hybridized carbons (Fsp3) is 0.121. The molecule has 9 nitrogen and oxygen atoms in total. The fourth-order valence-corrected chi connectivity index (χ4v) is 5.08. The number of benzene rings is 4. The summed E-state index contributed by atoms with van der Waals surface area (Å²) in [5, 5.41) is 19.1. The van der Waals surface area contributed by atoms with Gasteiger partial charge in [-0.2, -0.15) is 0 Å². The Bertz CT molecular complexity index is 1660. The van der Waals surface area contributed by atoms with Crippen molar-refractivity contribution in [2.75, 3.05) is 10.6 Å². The Morgan fingerprint density at radius 2 is 1.58 bits per heavy atom. The van der Waals surface area contributed by atoms with Crippen molar-refractivity contribution in [1.29, 1.82) is 0 Å². The van der Waals surface area contributed by atoms with Crippen LogP contribution < -0.4 is 16.0 Å². The molecular weight excluding hydrogens is 564 g/mol. The van der Waals surface area contributed by atoms with Gasteiger partial charge in [0.15, 0.2) is 0 Å². The van der Waals surface area contributed by atoms with E-state index in [0.717, 1.165) is 10.5 Å². The van der Waals surface area contributed by atoms with Crippen LogP contribution in [0.2, 0.25) is 0 Å². The molecule has 218 valence electrons. The van der Waals surface area contributed by atoms with Gasteiger partial charge in [0.25, 0.3) is 17.5 Å². The van der Waals surface area contributed by atoms with Crippen molar-refractivity contribution < 1.29 is 19.3 Å². The third-order valence-corrected chi connectivity index (χ3v) is 7.72. The van der Waals surface area contributed by atoms with Crippen LogP contribution >= 0.6 is 11.8 Å². The lowest BCUT2D eigenvalue weighted by Gasteiger charge is -2.17. The van der Waals surface area contributed by atoms with Crippen molar-refractivity contribution in [1.82, 2.24) is 5.32 Å². The Morgan fingerprint density at radius 3 is 2.26 bits per heavy atom. The van der Waals surface area contributed by atoms with Crippen LogP contribution in [0.1, 0.15) is 34.8 Å². The van der Waals surface area contributed by atoms with E-state index in [4.69, 9.17) is 0 Å². The number of anilines is 2. The van der Waals surface area contributed by atoms with Crippen LogP contribution in [-0.2, 0) is 9.59 Å². The Morgan fingerprint density at radius 1 is 0.884 bits per heavy atom. The summed E-state index contributed by atoms with van der Waals surface area (Å²) in [5.41, 5.74) is 2.68. The first-order valence-corrected chi connectivity index (χ1v) is 14.4. The van der Waals surface area contributed by atoms with E-state index in [0.29, 0.717) is 28.9 Å². The van der Waals surface area contributed by atoms with Crippen LogP contribution in [0.4, 0.5) is 17.1 Å². The third-order valence-electron chi connectivity index (χ3n) is 6.36. The summed E-state index contributed by atoms with van der Waals surface area (Å²) in [4.78, 5) is 50.8. The quantitative estimate of drug-likeness (QED) is 0.0756. The van der Waals surface area contributed by atoms with Crippen molar-refractivity contribution in [2.24, 2.45) is 0 Å². The number of non-ortho nitro benzene ring substituents is 1. The van der Waals surface area contributed by atoms with E-state index in [9.17, 15) is 24.5 Å². The van der Waals surface area contributed by atoms with Crippen LogP contribution in [0.25, 0.3) is 6.08 Å². The first-order valence-electron chi connectivity index (χ1n) is 13.5. The molecule has 4 aromatic rings. The van der Waals surface area contributed by atoms with Gasteiger partial charge in [-0.3, -0.25) is 24.5 Å². The molecule has 3 N–H and O–H groups in total. The summed E-state index contributed by atoms with van der Waals surface area (Å²) in [7, 11) is 0. The average Bonchev–Trinajstić information content (AvgIpc) is 3.01. The molecule has 4 aromatic carbocycles. The summed E-state index contributed by atoms with van der Waals surface area (Å²) >= 11 is 1.31. The summed E-state index contributed by atoms with van der Waals surface area (Å²) < 4.78 is 0. The first kappa shape index (κ1) is 30.7. The molecule has 0 aromatic heterocycles. The zero-order chi connectivity index (χ0) is 30.8. The molecular formula is C33H30N4O5S. The Hall–Kier alpha value is -5.22. The maximum Gasteiger partial charge on any atom is 0.272 e. The van der Waals surface area contributed by atoms with Gasteiger partial charge in [0.2, 0.25) is 5.91 Å². The van der Waals surface area contributed by atoms with E-state index in [2.05, 4.69) is 16.0 Å². The molecule has 43 heavy (non-hydrogen) atoms. The number of amides is 3. The van der Waals surface area contributed by atoms with E-state index < -0.39 is 22.0 Å². The molecule has 0 saturated heterocycles. The number of nitro groups is 1. The van der Waals surface area contributed by atoms with Gasteiger partial charge < -0.3 is 16.0 Å². The van der Waals surface area contributed by atoms with Gasteiger partial charge >= 0.3 is 0 Å². The molecule has 0 aliphatic heterocycles. The highest BCUT2D eigenvalue weighted by Gasteiger charge is 2.21. The van der Waals surface area contributed by atoms with E-state index in [-0.39, 0.29) is 17.3 Å². The van der Waals surface area contributed by atoms with E-state index >= 15 is 0 Å². The number of nitrogens with one attached hydrogen (secondary N) is 3. The number of nitrogens with zero attached hydrogens (tertiary/aromatic N) is 1. The molecule has 3 amide bonds. The smallest absolute Gasteiger partial charge is 0.272 e. The molecule has 0 saturated carbocycles. The van der Waals surface area contributed by atoms with E-state index in [1.165, 1.54) is 23.9 Å². The third kappa shape index (κ3) is 8.64. The van der Waals surface area contributed by atoms with Crippen LogP contribution in [0.15, 0.2) is 114 Å². The molecule has 1 unspecified atom stereocenters. The van der Waals surface area contributed by atoms with Crippen LogP contribution in [0, 0.1) is 17.0 Å².